The molecule has 0 aromatic heterocycles. The van der Waals surface area contributed by atoms with Gasteiger partial charge in [-0.05, 0) is 26.0 Å². The molecule has 3 heterocycles. The van der Waals surface area contributed by atoms with Crippen LogP contribution in [0.25, 0.3) is 0 Å². The number of rotatable bonds is 6. The molecular weight excluding hydrogens is 452 g/mol. The van der Waals surface area contributed by atoms with Gasteiger partial charge in [0.25, 0.3) is 0 Å². The number of hydrogen-bond acceptors (Lipinski definition) is 8. The predicted molar refractivity (Wildman–Crippen MR) is 117 cm³/mol. The van der Waals surface area contributed by atoms with E-state index in [0.29, 0.717) is 55.6 Å². The summed E-state index contributed by atoms with van der Waals surface area (Å²) in [5, 5.41) is 5.38. The van der Waals surface area contributed by atoms with Crippen molar-refractivity contribution in [3.8, 4) is 11.5 Å². The molecule has 3 aliphatic rings. The second kappa shape index (κ2) is 9.57. The first-order valence-electron chi connectivity index (χ1n) is 10.9. The fourth-order valence-electron chi connectivity index (χ4n) is 4.09. The summed E-state index contributed by atoms with van der Waals surface area (Å²) in [5.41, 5.74) is 0.857. The lowest BCUT2D eigenvalue weighted by Gasteiger charge is -2.36. The van der Waals surface area contributed by atoms with Crippen molar-refractivity contribution in [2.24, 2.45) is 0 Å². The van der Waals surface area contributed by atoms with Gasteiger partial charge in [-0.3, -0.25) is 4.90 Å². The van der Waals surface area contributed by atoms with Gasteiger partial charge < -0.3 is 24.8 Å². The summed E-state index contributed by atoms with van der Waals surface area (Å²) in [4.78, 5) is 26.5. The van der Waals surface area contributed by atoms with Crippen molar-refractivity contribution in [1.29, 1.82) is 0 Å². The highest BCUT2D eigenvalue weighted by molar-refractivity contribution is 7.89. The number of urea groups is 1. The van der Waals surface area contributed by atoms with E-state index in [-0.39, 0.29) is 30.6 Å². The molecule has 0 aliphatic carbocycles. The Bertz CT molecular complexity index is 1060. The Labute approximate surface area is 192 Å². The first-order valence-corrected chi connectivity index (χ1v) is 12.3. The zero-order valence-corrected chi connectivity index (χ0v) is 19.4. The molecule has 180 valence electrons. The number of carbonyl (C=O) groups is 2. The van der Waals surface area contributed by atoms with E-state index in [0.717, 1.165) is 0 Å². The van der Waals surface area contributed by atoms with Crippen molar-refractivity contribution in [3.05, 3.63) is 29.5 Å². The van der Waals surface area contributed by atoms with Crippen molar-refractivity contribution >= 4 is 22.0 Å². The third-order valence-electron chi connectivity index (χ3n) is 5.73. The summed E-state index contributed by atoms with van der Waals surface area (Å²) in [7, 11) is -3.70. The molecule has 0 bridgehead atoms. The first kappa shape index (κ1) is 23.3. The Morgan fingerprint density at radius 1 is 1.15 bits per heavy atom. The monoisotopic (exact) mass is 480 g/mol. The van der Waals surface area contributed by atoms with E-state index in [2.05, 4.69) is 10.6 Å². The van der Waals surface area contributed by atoms with Crippen LogP contribution in [0.4, 0.5) is 4.79 Å². The number of fused-ring (bicyclic) bond motifs is 1. The van der Waals surface area contributed by atoms with Crippen LogP contribution in [0.15, 0.2) is 34.4 Å². The van der Waals surface area contributed by atoms with Gasteiger partial charge >= 0.3 is 12.0 Å². The highest BCUT2D eigenvalue weighted by Crippen LogP contribution is 2.33. The van der Waals surface area contributed by atoms with Crippen LogP contribution in [-0.2, 0) is 19.6 Å². The fourth-order valence-corrected chi connectivity index (χ4v) is 5.53. The molecule has 1 saturated heterocycles. The molecule has 0 spiro atoms. The summed E-state index contributed by atoms with van der Waals surface area (Å²) in [6, 6.07) is 3.77. The van der Waals surface area contributed by atoms with Crippen LogP contribution in [0.1, 0.15) is 13.8 Å². The maximum Gasteiger partial charge on any atom is 0.337 e. The SMILES string of the molecule is CCOC(=O)C1=C(CN2CCN(S(=O)(=O)c3ccc4c(c3)OCCO4)CC2)NC(=O)NC1C. The smallest absolute Gasteiger partial charge is 0.337 e. The van der Waals surface area contributed by atoms with Gasteiger partial charge in [0, 0.05) is 44.5 Å². The Kier molecular flexibility index (Phi) is 6.77. The largest absolute Gasteiger partial charge is 0.486 e. The van der Waals surface area contributed by atoms with Crippen molar-refractivity contribution in [2.45, 2.75) is 24.8 Å². The number of ether oxygens (including phenoxy) is 3. The predicted octanol–water partition coefficient (Wildman–Crippen LogP) is 0.283. The molecule has 12 heteroatoms. The molecule has 1 unspecified atom stereocenters. The molecule has 2 amide bonds. The van der Waals surface area contributed by atoms with Crippen LogP contribution in [0.3, 0.4) is 0 Å². The number of carbonyl (C=O) groups excluding carboxylic acids is 2. The minimum absolute atomic E-state index is 0.159. The van der Waals surface area contributed by atoms with E-state index in [4.69, 9.17) is 14.2 Å². The first-order chi connectivity index (χ1) is 15.8. The maximum atomic E-state index is 13.1. The molecular formula is C21H28N4O7S. The maximum absolute atomic E-state index is 13.1. The second-order valence-electron chi connectivity index (χ2n) is 7.92. The normalized spacial score (nSPS) is 21.9. The van der Waals surface area contributed by atoms with E-state index in [1.54, 1.807) is 19.9 Å². The Balaban J connectivity index is 1.44. The Hall–Kier alpha value is -2.83. The van der Waals surface area contributed by atoms with Gasteiger partial charge in [0.05, 0.1) is 23.1 Å². The van der Waals surface area contributed by atoms with Crippen LogP contribution >= 0.6 is 0 Å². The Morgan fingerprint density at radius 3 is 2.55 bits per heavy atom. The third-order valence-corrected chi connectivity index (χ3v) is 7.62. The highest BCUT2D eigenvalue weighted by Gasteiger charge is 2.33. The lowest BCUT2D eigenvalue weighted by atomic mass is 10.0. The molecule has 1 fully saturated rings. The number of benzene rings is 1. The number of piperazine rings is 1. The van der Waals surface area contributed by atoms with Gasteiger partial charge in [0.15, 0.2) is 11.5 Å². The summed E-state index contributed by atoms with van der Waals surface area (Å²) in [6.07, 6.45) is 0. The lowest BCUT2D eigenvalue weighted by molar-refractivity contribution is -0.139. The number of nitrogens with zero attached hydrogens (tertiary/aromatic N) is 2. The molecule has 3 aliphatic heterocycles. The van der Waals surface area contributed by atoms with Gasteiger partial charge in [-0.1, -0.05) is 0 Å². The van der Waals surface area contributed by atoms with Crippen LogP contribution in [-0.4, -0.2) is 88.2 Å². The number of esters is 1. The van der Waals surface area contributed by atoms with E-state index in [9.17, 15) is 18.0 Å². The van der Waals surface area contributed by atoms with Crippen LogP contribution in [0.5, 0.6) is 11.5 Å². The summed E-state index contributed by atoms with van der Waals surface area (Å²) in [5.74, 6) is 0.483. The quantitative estimate of drug-likeness (QED) is 0.556. The number of sulfonamides is 1. The van der Waals surface area contributed by atoms with Crippen molar-refractivity contribution in [2.75, 3.05) is 52.5 Å². The minimum atomic E-state index is -3.70. The molecule has 11 nitrogen and oxygen atoms in total. The fraction of sp³-hybridized carbons (Fsp3) is 0.524. The van der Waals surface area contributed by atoms with E-state index >= 15 is 0 Å². The molecule has 1 atom stereocenters. The van der Waals surface area contributed by atoms with Crippen LogP contribution in [0, 0.1) is 0 Å². The van der Waals surface area contributed by atoms with Gasteiger partial charge in [-0.25, -0.2) is 18.0 Å². The molecule has 2 N–H and O–H groups in total. The average Bonchev–Trinajstić information content (AvgIpc) is 2.79. The standard InChI is InChI=1S/C21H28N4O7S/c1-3-30-20(26)19-14(2)22-21(27)23-16(19)13-24-6-8-25(9-7-24)33(28,29)15-4-5-17-18(12-15)32-11-10-31-17/h4-5,12,14H,3,6-11,13H2,1-2H3,(H2,22,23,27). The van der Waals surface area contributed by atoms with E-state index in [1.165, 1.54) is 16.4 Å². The van der Waals surface area contributed by atoms with Gasteiger partial charge in [0.1, 0.15) is 13.2 Å². The molecule has 4 rings (SSSR count). The Morgan fingerprint density at radius 2 is 1.85 bits per heavy atom. The van der Waals surface area contributed by atoms with Gasteiger partial charge in [0.2, 0.25) is 10.0 Å². The highest BCUT2D eigenvalue weighted by atomic mass is 32.2. The zero-order valence-electron chi connectivity index (χ0n) is 18.6. The van der Waals surface area contributed by atoms with Crippen LogP contribution in [0.2, 0.25) is 0 Å². The summed E-state index contributed by atoms with van der Waals surface area (Å²) >= 11 is 0. The molecule has 0 saturated carbocycles. The second-order valence-corrected chi connectivity index (χ2v) is 9.86. The topological polar surface area (TPSA) is 127 Å². The molecule has 1 aromatic rings. The minimum Gasteiger partial charge on any atom is -0.486 e. The molecule has 0 radical (unpaired) electrons. The average molecular weight is 481 g/mol. The number of hydrogen-bond donors (Lipinski definition) is 2. The number of amides is 2. The molecule has 33 heavy (non-hydrogen) atoms. The van der Waals surface area contributed by atoms with E-state index in [1.807, 2.05) is 4.90 Å². The van der Waals surface area contributed by atoms with Crippen molar-refractivity contribution in [3.63, 3.8) is 0 Å². The lowest BCUT2D eigenvalue weighted by Crippen LogP contribution is -2.54. The van der Waals surface area contributed by atoms with Gasteiger partial charge in [-0.2, -0.15) is 4.31 Å². The van der Waals surface area contributed by atoms with Crippen molar-refractivity contribution in [1.82, 2.24) is 19.8 Å². The van der Waals surface area contributed by atoms with Gasteiger partial charge in [-0.15, -0.1) is 0 Å². The molecule has 1 aromatic carbocycles. The number of nitrogens with one attached hydrogen (secondary N) is 2. The summed E-state index contributed by atoms with van der Waals surface area (Å²) < 4.78 is 43.8. The van der Waals surface area contributed by atoms with Crippen molar-refractivity contribution < 1.29 is 32.2 Å². The van der Waals surface area contributed by atoms with Crippen LogP contribution < -0.4 is 20.1 Å². The third kappa shape index (κ3) is 4.92. The van der Waals surface area contributed by atoms with E-state index < -0.39 is 22.0 Å². The zero-order chi connectivity index (χ0) is 23.6. The summed E-state index contributed by atoms with van der Waals surface area (Å²) in [6.45, 7) is 6.25.